The van der Waals surface area contributed by atoms with Crippen molar-refractivity contribution in [2.24, 2.45) is 0 Å². The SMILES string of the molecule is CC1(C)CCCCC/C=C\CCCCSc2ccc1cc2. The van der Waals surface area contributed by atoms with E-state index in [1.807, 2.05) is 11.8 Å². The summed E-state index contributed by atoms with van der Waals surface area (Å²) in [5, 5.41) is 0. The molecule has 0 saturated carbocycles. The lowest BCUT2D eigenvalue weighted by Crippen LogP contribution is -2.16. The highest BCUT2D eigenvalue weighted by Crippen LogP contribution is 2.31. The van der Waals surface area contributed by atoms with Gasteiger partial charge in [-0.1, -0.05) is 51.0 Å². The van der Waals surface area contributed by atoms with Crippen molar-refractivity contribution in [2.45, 2.75) is 75.5 Å². The van der Waals surface area contributed by atoms with Gasteiger partial charge >= 0.3 is 0 Å². The first-order valence-electron chi connectivity index (χ1n) is 8.57. The van der Waals surface area contributed by atoms with E-state index in [-0.39, 0.29) is 0 Å². The second kappa shape index (κ2) is 8.68. The standard InChI is InChI=1S/C20H30S/c1-20(2)16-10-8-6-4-3-5-7-9-11-17-21-19-14-12-18(20)13-15-19/h3,5,12-15H,4,6-11,16-17H2,1-2H3/b5-3-. The number of thioether (sulfide) groups is 1. The quantitative estimate of drug-likeness (QED) is 0.478. The molecular formula is C20H30S. The van der Waals surface area contributed by atoms with Crippen LogP contribution >= 0.6 is 11.8 Å². The van der Waals surface area contributed by atoms with Gasteiger partial charge in [0.25, 0.3) is 0 Å². The second-order valence-corrected chi connectivity index (χ2v) is 7.99. The molecule has 0 fully saturated rings. The Balaban J connectivity index is 2.00. The molecule has 3 rings (SSSR count). The molecule has 0 aromatic heterocycles. The highest BCUT2D eigenvalue weighted by atomic mass is 32.2. The molecule has 0 aliphatic carbocycles. The van der Waals surface area contributed by atoms with E-state index >= 15 is 0 Å². The molecule has 116 valence electrons. The molecule has 0 N–H and O–H groups in total. The molecule has 1 aromatic rings. The largest absolute Gasteiger partial charge is 0.126 e. The Hall–Kier alpha value is -0.690. The fourth-order valence-corrected chi connectivity index (χ4v) is 3.86. The smallest absolute Gasteiger partial charge is 0.00721 e. The van der Waals surface area contributed by atoms with Crippen molar-refractivity contribution >= 4 is 11.8 Å². The molecule has 0 atom stereocenters. The molecule has 0 saturated heterocycles. The van der Waals surface area contributed by atoms with E-state index in [0.717, 1.165) is 0 Å². The Morgan fingerprint density at radius 1 is 0.810 bits per heavy atom. The van der Waals surface area contributed by atoms with Crippen LogP contribution < -0.4 is 0 Å². The van der Waals surface area contributed by atoms with E-state index in [2.05, 4.69) is 50.3 Å². The van der Waals surface area contributed by atoms with Crippen LogP contribution in [0.3, 0.4) is 0 Å². The second-order valence-electron chi connectivity index (χ2n) is 6.82. The van der Waals surface area contributed by atoms with Gasteiger partial charge in [0.2, 0.25) is 0 Å². The molecule has 21 heavy (non-hydrogen) atoms. The van der Waals surface area contributed by atoms with Gasteiger partial charge in [0.05, 0.1) is 0 Å². The van der Waals surface area contributed by atoms with Crippen LogP contribution in [0.2, 0.25) is 0 Å². The van der Waals surface area contributed by atoms with Crippen LogP contribution in [0.5, 0.6) is 0 Å². The summed E-state index contributed by atoms with van der Waals surface area (Å²) in [4.78, 5) is 1.43. The lowest BCUT2D eigenvalue weighted by atomic mass is 9.80. The molecule has 0 unspecified atom stereocenters. The lowest BCUT2D eigenvalue weighted by molar-refractivity contribution is 0.447. The monoisotopic (exact) mass is 302 g/mol. The predicted molar refractivity (Wildman–Crippen MR) is 96.3 cm³/mol. The van der Waals surface area contributed by atoms with Crippen molar-refractivity contribution in [3.63, 3.8) is 0 Å². The third kappa shape index (κ3) is 5.90. The van der Waals surface area contributed by atoms with Gasteiger partial charge in [0.15, 0.2) is 0 Å². The van der Waals surface area contributed by atoms with E-state index in [0.29, 0.717) is 5.41 Å². The summed E-state index contributed by atoms with van der Waals surface area (Å²) < 4.78 is 0. The number of allylic oxidation sites excluding steroid dienone is 2. The number of hydrogen-bond acceptors (Lipinski definition) is 1. The highest BCUT2D eigenvalue weighted by Gasteiger charge is 2.19. The Morgan fingerprint density at radius 2 is 1.48 bits per heavy atom. The van der Waals surface area contributed by atoms with E-state index in [9.17, 15) is 0 Å². The van der Waals surface area contributed by atoms with Gasteiger partial charge in [-0.15, -0.1) is 11.8 Å². The van der Waals surface area contributed by atoms with Gasteiger partial charge in [-0.2, -0.15) is 0 Å². The van der Waals surface area contributed by atoms with Crippen LogP contribution in [0, 0.1) is 0 Å². The van der Waals surface area contributed by atoms with Crippen LogP contribution in [0.25, 0.3) is 0 Å². The Morgan fingerprint density at radius 3 is 2.19 bits per heavy atom. The zero-order chi connectivity index (χ0) is 15.0. The van der Waals surface area contributed by atoms with E-state index < -0.39 is 0 Å². The average Bonchev–Trinajstić information content (AvgIpc) is 2.48. The summed E-state index contributed by atoms with van der Waals surface area (Å²) in [5.74, 6) is 1.25. The maximum absolute atomic E-state index is 2.40. The summed E-state index contributed by atoms with van der Waals surface area (Å²) >= 11 is 2.01. The van der Waals surface area contributed by atoms with E-state index in [1.54, 1.807) is 0 Å². The van der Waals surface area contributed by atoms with Crippen LogP contribution in [0.4, 0.5) is 0 Å². The summed E-state index contributed by atoms with van der Waals surface area (Å²) in [6.45, 7) is 4.78. The zero-order valence-corrected chi connectivity index (χ0v) is 14.6. The number of hydrogen-bond donors (Lipinski definition) is 0. The van der Waals surface area contributed by atoms with Gasteiger partial charge in [-0.3, -0.25) is 0 Å². The molecular weight excluding hydrogens is 272 g/mol. The minimum absolute atomic E-state index is 0.312. The normalized spacial score (nSPS) is 22.6. The van der Waals surface area contributed by atoms with Gasteiger partial charge in [-0.25, -0.2) is 0 Å². The molecule has 0 amide bonds. The summed E-state index contributed by atoms with van der Waals surface area (Å²) in [6, 6.07) is 9.34. The van der Waals surface area contributed by atoms with Crippen molar-refractivity contribution < 1.29 is 0 Å². The summed E-state index contributed by atoms with van der Waals surface area (Å²) in [5.41, 5.74) is 1.81. The van der Waals surface area contributed by atoms with Gasteiger partial charge in [0, 0.05) is 4.90 Å². The average molecular weight is 303 g/mol. The first kappa shape index (κ1) is 16.7. The van der Waals surface area contributed by atoms with Crippen molar-refractivity contribution in [1.82, 2.24) is 0 Å². The van der Waals surface area contributed by atoms with Crippen molar-refractivity contribution in [1.29, 1.82) is 0 Å². The summed E-state index contributed by atoms with van der Waals surface area (Å²) in [7, 11) is 0. The van der Waals surface area contributed by atoms with Gasteiger partial charge in [0.1, 0.15) is 0 Å². The topological polar surface area (TPSA) is 0 Å². The minimum atomic E-state index is 0.312. The van der Waals surface area contributed by atoms with Crippen LogP contribution in [-0.4, -0.2) is 5.75 Å². The number of fused-ring (bicyclic) bond motifs is 13. The lowest BCUT2D eigenvalue weighted by Gasteiger charge is -2.25. The molecule has 0 spiro atoms. The molecule has 1 heteroatoms. The van der Waals surface area contributed by atoms with Crippen LogP contribution in [0.15, 0.2) is 41.3 Å². The summed E-state index contributed by atoms with van der Waals surface area (Å²) in [6.07, 6.45) is 15.3. The van der Waals surface area contributed by atoms with Gasteiger partial charge in [-0.05, 0) is 67.4 Å². The molecule has 0 radical (unpaired) electrons. The fourth-order valence-electron chi connectivity index (χ4n) is 2.94. The first-order chi connectivity index (χ1) is 10.2. The zero-order valence-electron chi connectivity index (χ0n) is 13.7. The molecule has 0 nitrogen and oxygen atoms in total. The maximum atomic E-state index is 2.40. The van der Waals surface area contributed by atoms with E-state index in [4.69, 9.17) is 0 Å². The van der Waals surface area contributed by atoms with Crippen LogP contribution in [-0.2, 0) is 5.41 Å². The van der Waals surface area contributed by atoms with Gasteiger partial charge < -0.3 is 0 Å². The van der Waals surface area contributed by atoms with E-state index in [1.165, 1.54) is 67.6 Å². The minimum Gasteiger partial charge on any atom is -0.126 e. The third-order valence-electron chi connectivity index (χ3n) is 4.51. The number of rotatable bonds is 0. The maximum Gasteiger partial charge on any atom is 0.00721 e. The molecule has 2 aliphatic heterocycles. The molecule has 2 aliphatic rings. The molecule has 2 heterocycles. The van der Waals surface area contributed by atoms with Crippen molar-refractivity contribution in [3.05, 3.63) is 42.0 Å². The fraction of sp³-hybridized carbons (Fsp3) is 0.600. The van der Waals surface area contributed by atoms with Crippen molar-refractivity contribution in [3.8, 4) is 0 Å². The Kier molecular flexibility index (Phi) is 6.89. The number of benzene rings is 1. The molecule has 1 aromatic carbocycles. The molecule has 2 bridgehead atoms. The van der Waals surface area contributed by atoms with Crippen LogP contribution in [0.1, 0.15) is 70.8 Å². The Bertz CT molecular complexity index is 428. The third-order valence-corrected chi connectivity index (χ3v) is 5.61. The highest BCUT2D eigenvalue weighted by molar-refractivity contribution is 7.99. The van der Waals surface area contributed by atoms with Crippen molar-refractivity contribution in [2.75, 3.05) is 5.75 Å². The predicted octanol–water partition coefficient (Wildman–Crippen LogP) is 6.75. The Labute approximate surface area is 135 Å². The first-order valence-corrected chi connectivity index (χ1v) is 9.55.